The highest BCUT2D eigenvalue weighted by atomic mass is 16.5. The highest BCUT2D eigenvalue weighted by Crippen LogP contribution is 2.22. The van der Waals surface area contributed by atoms with E-state index in [9.17, 15) is 9.59 Å². The molecule has 0 unspecified atom stereocenters. The Bertz CT molecular complexity index is 273. The van der Waals surface area contributed by atoms with Crippen LogP contribution in [0.15, 0.2) is 12.2 Å². The smallest absolute Gasteiger partial charge is 0.302 e. The largest absolute Gasteiger partial charge is 0.463 e. The van der Waals surface area contributed by atoms with Gasteiger partial charge in [-0.15, -0.1) is 0 Å². The number of carbonyl (C=O) groups excluding carboxylic acids is 2. The van der Waals surface area contributed by atoms with E-state index in [0.29, 0.717) is 0 Å². The zero-order chi connectivity index (χ0) is 10.6. The number of allylic oxidation sites excluding steroid dienone is 1. The first kappa shape index (κ1) is 10.8. The molecule has 0 saturated carbocycles. The molecule has 0 bridgehead atoms. The Morgan fingerprint density at radius 3 is 2.64 bits per heavy atom. The quantitative estimate of drug-likeness (QED) is 0.537. The first-order chi connectivity index (χ1) is 6.54. The van der Waals surface area contributed by atoms with Gasteiger partial charge in [0.25, 0.3) is 0 Å². The minimum Gasteiger partial charge on any atom is -0.463 e. The van der Waals surface area contributed by atoms with E-state index in [1.165, 1.54) is 13.8 Å². The maximum atomic E-state index is 11.0. The summed E-state index contributed by atoms with van der Waals surface area (Å²) >= 11 is 0. The van der Waals surface area contributed by atoms with Crippen LogP contribution < -0.4 is 5.32 Å². The molecule has 14 heavy (non-hydrogen) atoms. The molecule has 0 aromatic carbocycles. The Balaban J connectivity index is 2.58. The molecule has 1 amide bonds. The lowest BCUT2D eigenvalue weighted by Crippen LogP contribution is -2.48. The molecule has 0 radical (unpaired) electrons. The average Bonchev–Trinajstić information content (AvgIpc) is 2.49. The molecule has 4 heteroatoms. The Morgan fingerprint density at radius 1 is 1.50 bits per heavy atom. The average molecular weight is 197 g/mol. The number of rotatable bonds is 3. The zero-order valence-corrected chi connectivity index (χ0v) is 8.50. The number of carbonyl (C=O) groups is 2. The second-order valence-corrected chi connectivity index (χ2v) is 3.56. The van der Waals surface area contributed by atoms with E-state index < -0.39 is 5.54 Å². The van der Waals surface area contributed by atoms with Gasteiger partial charge in [-0.05, 0) is 12.8 Å². The molecule has 1 aliphatic carbocycles. The molecule has 4 nitrogen and oxygen atoms in total. The summed E-state index contributed by atoms with van der Waals surface area (Å²) in [5.41, 5.74) is -0.475. The van der Waals surface area contributed by atoms with Crippen LogP contribution in [-0.4, -0.2) is 24.0 Å². The molecule has 1 N–H and O–H groups in total. The van der Waals surface area contributed by atoms with E-state index in [4.69, 9.17) is 4.74 Å². The van der Waals surface area contributed by atoms with Gasteiger partial charge in [0.15, 0.2) is 0 Å². The summed E-state index contributed by atoms with van der Waals surface area (Å²) in [5.74, 6) is -0.432. The van der Waals surface area contributed by atoms with E-state index >= 15 is 0 Å². The van der Waals surface area contributed by atoms with Crippen LogP contribution in [0.5, 0.6) is 0 Å². The molecular formula is C10H15NO3. The Morgan fingerprint density at radius 2 is 2.21 bits per heavy atom. The van der Waals surface area contributed by atoms with Gasteiger partial charge in [-0.3, -0.25) is 9.59 Å². The highest BCUT2D eigenvalue weighted by molar-refractivity contribution is 5.74. The van der Waals surface area contributed by atoms with Crippen LogP contribution in [0.4, 0.5) is 0 Å². The molecule has 0 heterocycles. The predicted octanol–water partition coefficient (Wildman–Crippen LogP) is 0.774. The van der Waals surface area contributed by atoms with Crippen LogP contribution in [0.3, 0.4) is 0 Å². The van der Waals surface area contributed by atoms with Gasteiger partial charge < -0.3 is 10.1 Å². The lowest BCUT2D eigenvalue weighted by atomic mass is 10.0. The number of hydrogen-bond acceptors (Lipinski definition) is 3. The normalized spacial score (nSPS) is 24.7. The van der Waals surface area contributed by atoms with E-state index in [1.807, 2.05) is 12.2 Å². The fraction of sp³-hybridized carbons (Fsp3) is 0.600. The van der Waals surface area contributed by atoms with Gasteiger partial charge in [0.1, 0.15) is 6.61 Å². The van der Waals surface area contributed by atoms with Crippen LogP contribution in [0.2, 0.25) is 0 Å². The van der Waals surface area contributed by atoms with E-state index in [2.05, 4.69) is 5.32 Å². The second kappa shape index (κ2) is 4.26. The number of ether oxygens (including phenoxy) is 1. The lowest BCUT2D eigenvalue weighted by Gasteiger charge is -2.27. The molecule has 78 valence electrons. The summed E-state index contributed by atoms with van der Waals surface area (Å²) in [6.45, 7) is 3.04. The van der Waals surface area contributed by atoms with Crippen molar-refractivity contribution in [3.05, 3.63) is 12.2 Å². The van der Waals surface area contributed by atoms with Gasteiger partial charge in [-0.1, -0.05) is 12.2 Å². The molecule has 0 aromatic heterocycles. The monoisotopic (exact) mass is 197 g/mol. The molecule has 0 spiro atoms. The second-order valence-electron chi connectivity index (χ2n) is 3.56. The highest BCUT2D eigenvalue weighted by Gasteiger charge is 2.31. The van der Waals surface area contributed by atoms with E-state index in [1.54, 1.807) is 0 Å². The minimum atomic E-state index is -0.475. The third-order valence-corrected chi connectivity index (χ3v) is 2.15. The van der Waals surface area contributed by atoms with Gasteiger partial charge >= 0.3 is 5.97 Å². The Kier molecular flexibility index (Phi) is 3.28. The predicted molar refractivity (Wildman–Crippen MR) is 51.6 cm³/mol. The van der Waals surface area contributed by atoms with Crippen molar-refractivity contribution in [2.24, 2.45) is 0 Å². The topological polar surface area (TPSA) is 55.4 Å². The van der Waals surface area contributed by atoms with Gasteiger partial charge in [0.2, 0.25) is 5.91 Å². The van der Waals surface area contributed by atoms with Crippen molar-refractivity contribution >= 4 is 11.9 Å². The van der Waals surface area contributed by atoms with Gasteiger partial charge in [0.05, 0.1) is 5.54 Å². The van der Waals surface area contributed by atoms with Crippen molar-refractivity contribution in [1.82, 2.24) is 5.32 Å². The standard InChI is InChI=1S/C10H15NO3/c1-8(12)11-10(5-3-4-6-10)7-14-9(2)13/h3,5H,4,6-7H2,1-2H3,(H,11,12)/t10-/m1/s1. The Hall–Kier alpha value is -1.32. The zero-order valence-electron chi connectivity index (χ0n) is 8.50. The van der Waals surface area contributed by atoms with Gasteiger partial charge in [0, 0.05) is 13.8 Å². The summed E-state index contributed by atoms with van der Waals surface area (Å²) in [4.78, 5) is 21.6. The fourth-order valence-electron chi connectivity index (χ4n) is 1.57. The molecular weight excluding hydrogens is 182 g/mol. The van der Waals surface area contributed by atoms with Crippen molar-refractivity contribution in [3.8, 4) is 0 Å². The fourth-order valence-corrected chi connectivity index (χ4v) is 1.57. The van der Waals surface area contributed by atoms with Crippen molar-refractivity contribution in [2.45, 2.75) is 32.2 Å². The first-order valence-corrected chi connectivity index (χ1v) is 4.64. The molecule has 0 fully saturated rings. The van der Waals surface area contributed by atoms with Crippen LogP contribution in [0.25, 0.3) is 0 Å². The molecule has 1 aliphatic rings. The summed E-state index contributed by atoms with van der Waals surface area (Å²) in [7, 11) is 0. The van der Waals surface area contributed by atoms with E-state index in [-0.39, 0.29) is 18.5 Å². The number of amides is 1. The maximum Gasteiger partial charge on any atom is 0.302 e. The summed E-state index contributed by atoms with van der Waals surface area (Å²) in [6.07, 6.45) is 5.58. The molecule has 0 aliphatic heterocycles. The molecule has 1 atom stereocenters. The van der Waals surface area contributed by atoms with E-state index in [0.717, 1.165) is 12.8 Å². The molecule has 1 rings (SSSR count). The number of hydrogen-bond donors (Lipinski definition) is 1. The minimum absolute atomic E-state index is 0.108. The third kappa shape index (κ3) is 2.87. The van der Waals surface area contributed by atoms with Crippen LogP contribution in [0.1, 0.15) is 26.7 Å². The number of esters is 1. The molecule has 0 aromatic rings. The number of nitrogens with one attached hydrogen (secondary N) is 1. The summed E-state index contributed by atoms with van der Waals surface area (Å²) in [5, 5.41) is 2.81. The van der Waals surface area contributed by atoms with Crippen molar-refractivity contribution in [1.29, 1.82) is 0 Å². The van der Waals surface area contributed by atoms with Crippen molar-refractivity contribution < 1.29 is 14.3 Å². The SMILES string of the molecule is CC(=O)N[C@]1(COC(C)=O)C=CCC1. The van der Waals surface area contributed by atoms with Crippen molar-refractivity contribution in [2.75, 3.05) is 6.61 Å². The summed E-state index contributed by atoms with van der Waals surface area (Å²) in [6, 6.07) is 0. The summed E-state index contributed by atoms with van der Waals surface area (Å²) < 4.78 is 4.93. The Labute approximate surface area is 83.3 Å². The maximum absolute atomic E-state index is 11.0. The van der Waals surface area contributed by atoms with Crippen LogP contribution >= 0.6 is 0 Å². The van der Waals surface area contributed by atoms with Crippen molar-refractivity contribution in [3.63, 3.8) is 0 Å². The van der Waals surface area contributed by atoms with Crippen LogP contribution in [0, 0.1) is 0 Å². The van der Waals surface area contributed by atoms with Gasteiger partial charge in [-0.25, -0.2) is 0 Å². The first-order valence-electron chi connectivity index (χ1n) is 4.64. The third-order valence-electron chi connectivity index (χ3n) is 2.15. The lowest BCUT2D eigenvalue weighted by molar-refractivity contribution is -0.143. The van der Waals surface area contributed by atoms with Gasteiger partial charge in [-0.2, -0.15) is 0 Å². The van der Waals surface area contributed by atoms with Crippen LogP contribution in [-0.2, 0) is 14.3 Å². The molecule has 0 saturated heterocycles.